The number of rotatable bonds is 11. The Hall–Kier alpha value is -0.180. The molecule has 0 unspecified atom stereocenters. The molecule has 1 aromatic heterocycles. The lowest BCUT2D eigenvalue weighted by atomic mass is 10.4. The molecular weight excluding hydrogens is 334 g/mol. The van der Waals surface area contributed by atoms with Gasteiger partial charge in [-0.1, -0.05) is 0 Å². The van der Waals surface area contributed by atoms with Crippen molar-refractivity contribution in [3.8, 4) is 0 Å². The van der Waals surface area contributed by atoms with Gasteiger partial charge in [0.05, 0.1) is 13.2 Å². The molecular formula is C13H22ClNO4S2. The fourth-order valence-electron chi connectivity index (χ4n) is 1.66. The minimum absolute atomic E-state index is 0.309. The molecule has 0 saturated heterocycles. The van der Waals surface area contributed by atoms with Gasteiger partial charge in [0.25, 0.3) is 10.0 Å². The molecule has 0 spiro atoms. The molecule has 0 aliphatic carbocycles. The van der Waals surface area contributed by atoms with Crippen molar-refractivity contribution in [1.29, 1.82) is 0 Å². The Labute approximate surface area is 135 Å². The van der Waals surface area contributed by atoms with Crippen molar-refractivity contribution in [3.63, 3.8) is 0 Å². The summed E-state index contributed by atoms with van der Waals surface area (Å²) < 4.78 is 37.5. The fourth-order valence-corrected chi connectivity index (χ4v) is 4.67. The summed E-state index contributed by atoms with van der Waals surface area (Å²) in [5.41, 5.74) is 0.815. The maximum Gasteiger partial charge on any atom is 0.252 e. The van der Waals surface area contributed by atoms with Crippen molar-refractivity contribution >= 4 is 33.0 Å². The Bertz CT molecular complexity index is 494. The van der Waals surface area contributed by atoms with Crippen LogP contribution in [0.5, 0.6) is 0 Å². The van der Waals surface area contributed by atoms with Crippen molar-refractivity contribution in [2.75, 3.05) is 39.5 Å². The summed E-state index contributed by atoms with van der Waals surface area (Å²) in [6.45, 7) is 6.26. The Morgan fingerprint density at radius 2 is 1.76 bits per heavy atom. The SMILES string of the molecule is CCOCCN(CCOCC)S(=O)(=O)c1cc(CCl)cs1. The lowest BCUT2D eigenvalue weighted by Gasteiger charge is -2.21. The highest BCUT2D eigenvalue weighted by atomic mass is 35.5. The number of sulfonamides is 1. The summed E-state index contributed by atoms with van der Waals surface area (Å²) in [5.74, 6) is 0.309. The van der Waals surface area contributed by atoms with E-state index in [4.69, 9.17) is 21.1 Å². The first-order chi connectivity index (χ1) is 10.1. The van der Waals surface area contributed by atoms with Crippen LogP contribution in [0, 0.1) is 0 Å². The molecule has 5 nitrogen and oxygen atoms in total. The molecule has 0 fully saturated rings. The van der Waals surface area contributed by atoms with Crippen LogP contribution in [0.4, 0.5) is 0 Å². The standard InChI is InChI=1S/C13H22ClNO4S2/c1-3-18-7-5-15(6-8-19-4-2)21(16,17)13-9-12(10-14)11-20-13/h9,11H,3-8,10H2,1-2H3. The molecule has 0 radical (unpaired) electrons. The Morgan fingerprint density at radius 3 is 2.19 bits per heavy atom. The second-order valence-electron chi connectivity index (χ2n) is 4.21. The van der Waals surface area contributed by atoms with Gasteiger partial charge in [0.1, 0.15) is 4.21 Å². The molecule has 122 valence electrons. The Kier molecular flexibility index (Phi) is 8.77. The van der Waals surface area contributed by atoms with E-state index in [0.29, 0.717) is 49.6 Å². The van der Waals surface area contributed by atoms with Gasteiger partial charge in [0.2, 0.25) is 0 Å². The summed E-state index contributed by atoms with van der Waals surface area (Å²) in [4.78, 5) is 0. The van der Waals surface area contributed by atoms with E-state index in [1.54, 1.807) is 11.4 Å². The van der Waals surface area contributed by atoms with Crippen molar-refractivity contribution in [3.05, 3.63) is 17.0 Å². The summed E-state index contributed by atoms with van der Waals surface area (Å²) in [6, 6.07) is 1.63. The Balaban J connectivity index is 2.81. The van der Waals surface area contributed by atoms with E-state index in [1.807, 2.05) is 13.8 Å². The van der Waals surface area contributed by atoms with Gasteiger partial charge < -0.3 is 9.47 Å². The zero-order valence-corrected chi connectivity index (χ0v) is 14.8. The first-order valence-corrected chi connectivity index (χ1v) is 9.70. The predicted molar refractivity (Wildman–Crippen MR) is 85.6 cm³/mol. The molecule has 0 saturated carbocycles. The molecule has 0 amide bonds. The number of thiophene rings is 1. The molecule has 0 aliphatic rings. The van der Waals surface area contributed by atoms with Gasteiger partial charge in [-0.25, -0.2) is 8.42 Å². The molecule has 8 heteroatoms. The van der Waals surface area contributed by atoms with Gasteiger partial charge in [-0.05, 0) is 30.9 Å². The highest BCUT2D eigenvalue weighted by Gasteiger charge is 2.25. The van der Waals surface area contributed by atoms with Crippen LogP contribution in [-0.2, 0) is 25.4 Å². The van der Waals surface area contributed by atoms with Crippen LogP contribution in [0.2, 0.25) is 0 Å². The first kappa shape index (κ1) is 18.9. The van der Waals surface area contributed by atoms with Crippen molar-refractivity contribution < 1.29 is 17.9 Å². The topological polar surface area (TPSA) is 55.8 Å². The van der Waals surface area contributed by atoms with E-state index in [-0.39, 0.29) is 0 Å². The van der Waals surface area contributed by atoms with Gasteiger partial charge in [-0.2, -0.15) is 4.31 Å². The van der Waals surface area contributed by atoms with Crippen molar-refractivity contribution in [1.82, 2.24) is 4.31 Å². The van der Waals surface area contributed by atoms with Crippen LogP contribution in [0.15, 0.2) is 15.7 Å². The third kappa shape index (κ3) is 5.84. The fraction of sp³-hybridized carbons (Fsp3) is 0.692. The van der Waals surface area contributed by atoms with Crippen LogP contribution < -0.4 is 0 Å². The largest absolute Gasteiger partial charge is 0.380 e. The summed E-state index contributed by atoms with van der Waals surface area (Å²) in [6.07, 6.45) is 0. The van der Waals surface area contributed by atoms with Crippen LogP contribution in [0.25, 0.3) is 0 Å². The van der Waals surface area contributed by atoms with Gasteiger partial charge in [0.15, 0.2) is 0 Å². The zero-order valence-electron chi connectivity index (χ0n) is 12.4. The molecule has 21 heavy (non-hydrogen) atoms. The molecule has 0 bridgehead atoms. The number of halogens is 1. The number of ether oxygens (including phenoxy) is 2. The lowest BCUT2D eigenvalue weighted by Crippen LogP contribution is -2.36. The number of nitrogens with zero attached hydrogens (tertiary/aromatic N) is 1. The lowest BCUT2D eigenvalue weighted by molar-refractivity contribution is 0.110. The van der Waals surface area contributed by atoms with Crippen LogP contribution in [-0.4, -0.2) is 52.2 Å². The summed E-state index contributed by atoms with van der Waals surface area (Å²) >= 11 is 6.93. The minimum atomic E-state index is -3.52. The normalized spacial score (nSPS) is 12.2. The molecule has 0 aliphatic heterocycles. The third-order valence-corrected chi connectivity index (χ3v) is 6.43. The van der Waals surface area contributed by atoms with Gasteiger partial charge in [0, 0.05) is 32.2 Å². The van der Waals surface area contributed by atoms with E-state index in [0.717, 1.165) is 5.56 Å². The quantitative estimate of drug-likeness (QED) is 0.452. The molecule has 0 atom stereocenters. The van der Waals surface area contributed by atoms with E-state index in [1.165, 1.54) is 15.6 Å². The van der Waals surface area contributed by atoms with Crippen molar-refractivity contribution in [2.24, 2.45) is 0 Å². The molecule has 1 heterocycles. The van der Waals surface area contributed by atoms with E-state index in [2.05, 4.69) is 0 Å². The number of hydrogen-bond donors (Lipinski definition) is 0. The van der Waals surface area contributed by atoms with E-state index in [9.17, 15) is 8.42 Å². The smallest absolute Gasteiger partial charge is 0.252 e. The molecule has 1 rings (SSSR count). The highest BCUT2D eigenvalue weighted by molar-refractivity contribution is 7.91. The Morgan fingerprint density at radius 1 is 1.19 bits per heavy atom. The molecule has 1 aromatic rings. The van der Waals surface area contributed by atoms with Crippen LogP contribution in [0.1, 0.15) is 19.4 Å². The van der Waals surface area contributed by atoms with Gasteiger partial charge in [-0.15, -0.1) is 22.9 Å². The third-order valence-electron chi connectivity index (χ3n) is 2.76. The second kappa shape index (κ2) is 9.76. The average molecular weight is 356 g/mol. The predicted octanol–water partition coefficient (Wildman–Crippen LogP) is 2.55. The minimum Gasteiger partial charge on any atom is -0.380 e. The zero-order chi connectivity index (χ0) is 15.7. The van der Waals surface area contributed by atoms with Crippen molar-refractivity contribution in [2.45, 2.75) is 23.9 Å². The summed E-state index contributed by atoms with van der Waals surface area (Å²) in [7, 11) is -3.52. The highest BCUT2D eigenvalue weighted by Crippen LogP contribution is 2.24. The monoisotopic (exact) mass is 355 g/mol. The van der Waals surface area contributed by atoms with Gasteiger partial charge in [-0.3, -0.25) is 0 Å². The first-order valence-electron chi connectivity index (χ1n) is 6.85. The maximum absolute atomic E-state index is 12.6. The van der Waals surface area contributed by atoms with E-state index < -0.39 is 10.0 Å². The maximum atomic E-state index is 12.6. The number of hydrogen-bond acceptors (Lipinski definition) is 5. The summed E-state index contributed by atoms with van der Waals surface area (Å²) in [5, 5.41) is 1.77. The second-order valence-corrected chi connectivity index (χ2v) is 7.55. The van der Waals surface area contributed by atoms with Crippen LogP contribution in [0.3, 0.4) is 0 Å². The van der Waals surface area contributed by atoms with E-state index >= 15 is 0 Å². The average Bonchev–Trinajstić information content (AvgIpc) is 2.95. The van der Waals surface area contributed by atoms with Crippen LogP contribution >= 0.6 is 22.9 Å². The molecule has 0 N–H and O–H groups in total. The van der Waals surface area contributed by atoms with Gasteiger partial charge >= 0.3 is 0 Å². The molecule has 0 aromatic carbocycles. The number of alkyl halides is 1.